The molecule has 2 N–H and O–H groups in total. The molecule has 4 atom stereocenters. The van der Waals surface area contributed by atoms with Crippen molar-refractivity contribution in [2.45, 2.75) is 57.2 Å². The van der Waals surface area contributed by atoms with Crippen LogP contribution in [0, 0.1) is 11.3 Å². The number of nitrogens with zero attached hydrogens (tertiary/aromatic N) is 2. The quantitative estimate of drug-likeness (QED) is 0.367. The van der Waals surface area contributed by atoms with Gasteiger partial charge in [-0.1, -0.05) is 12.8 Å². The highest BCUT2D eigenvalue weighted by molar-refractivity contribution is 14.0. The van der Waals surface area contributed by atoms with Crippen molar-refractivity contribution in [1.82, 2.24) is 15.5 Å². The summed E-state index contributed by atoms with van der Waals surface area (Å²) in [4.78, 5) is 7.00. The van der Waals surface area contributed by atoms with E-state index in [0.717, 1.165) is 45.4 Å². The van der Waals surface area contributed by atoms with E-state index in [-0.39, 0.29) is 24.0 Å². The zero-order valence-electron chi connectivity index (χ0n) is 16.2. The molecule has 150 valence electrons. The Morgan fingerprint density at radius 1 is 1.23 bits per heavy atom. The van der Waals surface area contributed by atoms with Crippen LogP contribution in [0.1, 0.15) is 39.0 Å². The molecule has 2 saturated heterocycles. The van der Waals surface area contributed by atoms with E-state index >= 15 is 0 Å². The topological polar surface area (TPSA) is 58.1 Å². The van der Waals surface area contributed by atoms with Gasteiger partial charge in [-0.25, -0.2) is 0 Å². The van der Waals surface area contributed by atoms with E-state index in [1.807, 2.05) is 7.05 Å². The molecule has 4 aliphatic rings. The number of aliphatic imine (C=N–C) groups is 1. The number of nitrogens with one attached hydrogen (secondary N) is 2. The molecule has 2 heterocycles. The van der Waals surface area contributed by atoms with Gasteiger partial charge in [0.25, 0.3) is 0 Å². The van der Waals surface area contributed by atoms with Crippen LogP contribution in [0.2, 0.25) is 0 Å². The SMILES string of the molecule is CN=C(NCC(C)N1CCOCC1)NC1C2CCOC2C12CCCC2.I. The van der Waals surface area contributed by atoms with Crippen molar-refractivity contribution in [2.75, 3.05) is 46.5 Å². The Balaban J connectivity index is 0.00000196. The second-order valence-corrected chi connectivity index (χ2v) is 8.26. The molecule has 0 bridgehead atoms. The average molecular weight is 478 g/mol. The van der Waals surface area contributed by atoms with Crippen LogP contribution in [0.15, 0.2) is 4.99 Å². The summed E-state index contributed by atoms with van der Waals surface area (Å²) in [5, 5.41) is 7.35. The Kier molecular flexibility index (Phi) is 7.07. The summed E-state index contributed by atoms with van der Waals surface area (Å²) in [6.07, 6.45) is 7.03. The van der Waals surface area contributed by atoms with E-state index in [1.54, 1.807) is 0 Å². The zero-order chi connectivity index (χ0) is 17.3. The number of hydrogen-bond acceptors (Lipinski definition) is 4. The van der Waals surface area contributed by atoms with Gasteiger partial charge in [-0.15, -0.1) is 24.0 Å². The number of halogens is 1. The molecular formula is C19H35IN4O2. The van der Waals surface area contributed by atoms with Crippen molar-refractivity contribution in [3.8, 4) is 0 Å². The number of hydrogen-bond donors (Lipinski definition) is 2. The molecule has 1 spiro atoms. The summed E-state index contributed by atoms with van der Waals surface area (Å²) in [7, 11) is 1.89. The van der Waals surface area contributed by atoms with Gasteiger partial charge in [-0.2, -0.15) is 0 Å². The van der Waals surface area contributed by atoms with E-state index in [2.05, 4.69) is 27.4 Å². The Labute approximate surface area is 174 Å². The van der Waals surface area contributed by atoms with E-state index in [4.69, 9.17) is 9.47 Å². The summed E-state index contributed by atoms with van der Waals surface area (Å²) in [5.41, 5.74) is 0.370. The number of morpholine rings is 1. The molecule has 4 unspecified atom stereocenters. The normalized spacial score (nSPS) is 34.7. The smallest absolute Gasteiger partial charge is 0.191 e. The predicted molar refractivity (Wildman–Crippen MR) is 114 cm³/mol. The van der Waals surface area contributed by atoms with E-state index in [0.29, 0.717) is 29.5 Å². The molecule has 26 heavy (non-hydrogen) atoms. The highest BCUT2D eigenvalue weighted by Crippen LogP contribution is 2.60. The maximum absolute atomic E-state index is 6.09. The molecule has 2 saturated carbocycles. The first-order valence-corrected chi connectivity index (χ1v) is 10.2. The van der Waals surface area contributed by atoms with Gasteiger partial charge in [0.2, 0.25) is 0 Å². The van der Waals surface area contributed by atoms with Crippen LogP contribution in [0.4, 0.5) is 0 Å². The summed E-state index contributed by atoms with van der Waals surface area (Å²) >= 11 is 0. The van der Waals surface area contributed by atoms with Crippen LogP contribution >= 0.6 is 24.0 Å². The minimum Gasteiger partial charge on any atom is -0.379 e. The van der Waals surface area contributed by atoms with E-state index < -0.39 is 0 Å². The lowest BCUT2D eigenvalue weighted by Gasteiger charge is -2.57. The van der Waals surface area contributed by atoms with Crippen molar-refractivity contribution >= 4 is 29.9 Å². The summed E-state index contributed by atoms with van der Waals surface area (Å²) < 4.78 is 11.5. The minimum atomic E-state index is 0. The van der Waals surface area contributed by atoms with E-state index in [9.17, 15) is 0 Å². The molecule has 6 nitrogen and oxygen atoms in total. The zero-order valence-corrected chi connectivity index (χ0v) is 18.5. The van der Waals surface area contributed by atoms with Crippen molar-refractivity contribution in [3.05, 3.63) is 0 Å². The molecule has 0 radical (unpaired) electrons. The van der Waals surface area contributed by atoms with Crippen LogP contribution in [0.25, 0.3) is 0 Å². The fourth-order valence-corrected chi connectivity index (χ4v) is 5.64. The number of rotatable bonds is 4. The maximum atomic E-state index is 6.09. The molecule has 4 fully saturated rings. The third kappa shape index (κ3) is 3.73. The van der Waals surface area contributed by atoms with Crippen LogP contribution in [0.5, 0.6) is 0 Å². The lowest BCUT2D eigenvalue weighted by Crippen LogP contribution is -2.69. The molecule has 0 aromatic heterocycles. The van der Waals surface area contributed by atoms with Crippen LogP contribution < -0.4 is 10.6 Å². The van der Waals surface area contributed by atoms with Crippen molar-refractivity contribution in [2.24, 2.45) is 16.3 Å². The van der Waals surface area contributed by atoms with Gasteiger partial charge in [-0.3, -0.25) is 9.89 Å². The highest BCUT2D eigenvalue weighted by Gasteiger charge is 2.65. The first kappa shape index (κ1) is 20.6. The number of fused-ring (bicyclic) bond motifs is 2. The molecule has 0 aromatic carbocycles. The standard InChI is InChI=1S/C19H34N4O2.HI/c1-14(23-8-11-24-12-9-23)13-21-18(20-2)22-16-15-5-10-25-17(15)19(16)6-3-4-7-19;/h14-17H,3-13H2,1-2H3,(H2,20,21,22);1H. The largest absolute Gasteiger partial charge is 0.379 e. The van der Waals surface area contributed by atoms with Gasteiger partial charge in [0.1, 0.15) is 0 Å². The Morgan fingerprint density at radius 3 is 2.65 bits per heavy atom. The highest BCUT2D eigenvalue weighted by atomic mass is 127. The van der Waals surface area contributed by atoms with Crippen LogP contribution in [-0.2, 0) is 9.47 Å². The van der Waals surface area contributed by atoms with Gasteiger partial charge in [0.15, 0.2) is 5.96 Å². The Bertz CT molecular complexity index is 492. The fraction of sp³-hybridized carbons (Fsp3) is 0.947. The summed E-state index contributed by atoms with van der Waals surface area (Å²) in [6.45, 7) is 7.91. The molecule has 0 aromatic rings. The second-order valence-electron chi connectivity index (χ2n) is 8.26. The summed E-state index contributed by atoms with van der Waals surface area (Å²) in [5.74, 6) is 1.63. The first-order chi connectivity index (χ1) is 12.2. The third-order valence-electron chi connectivity index (χ3n) is 7.04. The van der Waals surface area contributed by atoms with Crippen LogP contribution in [-0.4, -0.2) is 75.5 Å². The Hall–Kier alpha value is -0.120. The first-order valence-electron chi connectivity index (χ1n) is 10.2. The molecule has 2 aliphatic heterocycles. The van der Waals surface area contributed by atoms with Gasteiger partial charge in [0, 0.05) is 56.7 Å². The predicted octanol–water partition coefficient (Wildman–Crippen LogP) is 1.84. The lowest BCUT2D eigenvalue weighted by molar-refractivity contribution is -0.125. The Morgan fingerprint density at radius 2 is 1.96 bits per heavy atom. The molecular weight excluding hydrogens is 443 g/mol. The third-order valence-corrected chi connectivity index (χ3v) is 7.04. The molecule has 7 heteroatoms. The molecule has 4 rings (SSSR count). The van der Waals surface area contributed by atoms with Gasteiger partial charge in [-0.05, 0) is 26.2 Å². The van der Waals surface area contributed by atoms with Crippen molar-refractivity contribution < 1.29 is 9.47 Å². The lowest BCUT2D eigenvalue weighted by atomic mass is 9.54. The monoisotopic (exact) mass is 478 g/mol. The van der Waals surface area contributed by atoms with Crippen LogP contribution in [0.3, 0.4) is 0 Å². The number of guanidine groups is 1. The van der Waals surface area contributed by atoms with Gasteiger partial charge >= 0.3 is 0 Å². The van der Waals surface area contributed by atoms with Crippen molar-refractivity contribution in [1.29, 1.82) is 0 Å². The van der Waals surface area contributed by atoms with Gasteiger partial charge in [0.05, 0.1) is 19.3 Å². The molecule has 2 aliphatic carbocycles. The van der Waals surface area contributed by atoms with Crippen molar-refractivity contribution in [3.63, 3.8) is 0 Å². The fourth-order valence-electron chi connectivity index (χ4n) is 5.64. The number of ether oxygens (including phenoxy) is 2. The average Bonchev–Trinajstić information content (AvgIpc) is 3.31. The second kappa shape index (κ2) is 8.92. The van der Waals surface area contributed by atoms with Gasteiger partial charge < -0.3 is 20.1 Å². The minimum absolute atomic E-state index is 0. The summed E-state index contributed by atoms with van der Waals surface area (Å²) in [6, 6.07) is 1.03. The van der Waals surface area contributed by atoms with E-state index in [1.165, 1.54) is 32.1 Å². The molecule has 0 amide bonds. The maximum Gasteiger partial charge on any atom is 0.191 e.